The third-order valence-electron chi connectivity index (χ3n) is 5.59. The maximum atomic E-state index is 13.1. The summed E-state index contributed by atoms with van der Waals surface area (Å²) in [6.07, 6.45) is 2.49. The molecule has 0 saturated carbocycles. The number of ketones is 1. The van der Waals surface area contributed by atoms with Crippen LogP contribution in [0.2, 0.25) is 0 Å². The fraction of sp³-hybridized carbons (Fsp3) is 0.385. The van der Waals surface area contributed by atoms with Crippen LogP contribution < -0.4 is 9.47 Å². The van der Waals surface area contributed by atoms with E-state index in [-0.39, 0.29) is 11.3 Å². The van der Waals surface area contributed by atoms with Crippen molar-refractivity contribution >= 4 is 17.4 Å². The van der Waals surface area contributed by atoms with Gasteiger partial charge in [0.05, 0.1) is 25.3 Å². The first kappa shape index (κ1) is 24.3. The number of rotatable bonds is 11. The van der Waals surface area contributed by atoms with Crippen LogP contribution in [0.25, 0.3) is 5.76 Å². The molecule has 0 aliphatic carbocycles. The molecule has 1 heterocycles. The molecule has 1 aliphatic rings. The van der Waals surface area contributed by atoms with Gasteiger partial charge in [0, 0.05) is 25.8 Å². The lowest BCUT2D eigenvalue weighted by Crippen LogP contribution is -2.31. The Hall–Kier alpha value is -3.32. The first-order valence-electron chi connectivity index (χ1n) is 11.2. The monoisotopic (exact) mass is 453 g/mol. The second kappa shape index (κ2) is 11.5. The van der Waals surface area contributed by atoms with E-state index in [0.29, 0.717) is 48.8 Å². The number of hydrogen-bond donors (Lipinski definition) is 1. The predicted octanol–water partition coefficient (Wildman–Crippen LogP) is 4.33. The largest absolute Gasteiger partial charge is 0.507 e. The van der Waals surface area contributed by atoms with Crippen molar-refractivity contribution in [3.63, 3.8) is 0 Å². The minimum absolute atomic E-state index is 0.0632. The van der Waals surface area contributed by atoms with E-state index >= 15 is 0 Å². The normalized spacial score (nSPS) is 17.4. The number of aliphatic hydroxyl groups excluding tert-OH is 1. The highest BCUT2D eigenvalue weighted by Gasteiger charge is 2.45. The van der Waals surface area contributed by atoms with E-state index in [0.717, 1.165) is 12.8 Å². The van der Waals surface area contributed by atoms with Crippen molar-refractivity contribution in [3.8, 4) is 11.5 Å². The number of ether oxygens (including phenoxy) is 3. The van der Waals surface area contributed by atoms with Crippen molar-refractivity contribution in [1.29, 1.82) is 0 Å². The average Bonchev–Trinajstić information content (AvgIpc) is 3.09. The standard InChI is InChI=1S/C26H31NO6/c1-4-5-16-33-21-9-6-8-19(17-21)24(28)22-23(18-10-12-20(32-3)13-11-18)27(14-7-15-31-2)26(30)25(22)29/h6,8-13,17,23,28H,4-5,7,14-16H2,1-3H3/b24-22+. The van der Waals surface area contributed by atoms with Gasteiger partial charge in [-0.25, -0.2) is 0 Å². The summed E-state index contributed by atoms with van der Waals surface area (Å²) in [6, 6.07) is 13.4. The van der Waals surface area contributed by atoms with Crippen LogP contribution in [-0.4, -0.2) is 55.7 Å². The lowest BCUT2D eigenvalue weighted by molar-refractivity contribution is -0.140. The molecule has 0 radical (unpaired) electrons. The molecule has 1 N–H and O–H groups in total. The number of carbonyl (C=O) groups is 2. The second-order valence-corrected chi connectivity index (χ2v) is 7.84. The summed E-state index contributed by atoms with van der Waals surface area (Å²) in [6.45, 7) is 3.43. The number of Topliss-reactive ketones (excluding diaryl/α,β-unsaturated/α-hetero) is 1. The molecule has 1 unspecified atom stereocenters. The van der Waals surface area contributed by atoms with Crippen molar-refractivity contribution in [2.75, 3.05) is 34.0 Å². The van der Waals surface area contributed by atoms with Crippen LogP contribution in [-0.2, 0) is 14.3 Å². The highest BCUT2D eigenvalue weighted by molar-refractivity contribution is 6.46. The molecule has 7 heteroatoms. The third kappa shape index (κ3) is 5.54. The molecule has 2 aromatic carbocycles. The van der Waals surface area contributed by atoms with E-state index in [1.807, 2.05) is 0 Å². The molecule has 3 rings (SSSR count). The Morgan fingerprint density at radius 2 is 1.76 bits per heavy atom. The van der Waals surface area contributed by atoms with Crippen LogP contribution in [0.3, 0.4) is 0 Å². The average molecular weight is 454 g/mol. The fourth-order valence-electron chi connectivity index (χ4n) is 3.85. The maximum absolute atomic E-state index is 13.1. The zero-order valence-corrected chi connectivity index (χ0v) is 19.4. The molecular weight excluding hydrogens is 422 g/mol. The van der Waals surface area contributed by atoms with Crippen molar-refractivity contribution in [2.45, 2.75) is 32.2 Å². The van der Waals surface area contributed by atoms with E-state index in [2.05, 4.69) is 6.92 Å². The van der Waals surface area contributed by atoms with E-state index < -0.39 is 17.7 Å². The molecule has 1 saturated heterocycles. The molecular formula is C26H31NO6. The van der Waals surface area contributed by atoms with Crippen LogP contribution >= 0.6 is 0 Å². The minimum Gasteiger partial charge on any atom is -0.507 e. The Balaban J connectivity index is 2.03. The van der Waals surface area contributed by atoms with Gasteiger partial charge in [0.1, 0.15) is 17.3 Å². The highest BCUT2D eigenvalue weighted by Crippen LogP contribution is 2.40. The number of methoxy groups -OCH3 is 2. The molecule has 0 spiro atoms. The first-order chi connectivity index (χ1) is 16.0. The number of carbonyl (C=O) groups excluding carboxylic acids is 2. The van der Waals surface area contributed by atoms with Gasteiger partial charge in [-0.1, -0.05) is 37.6 Å². The van der Waals surface area contributed by atoms with Crippen LogP contribution in [0.1, 0.15) is 43.4 Å². The zero-order chi connectivity index (χ0) is 23.8. The smallest absolute Gasteiger partial charge is 0.295 e. The molecule has 33 heavy (non-hydrogen) atoms. The summed E-state index contributed by atoms with van der Waals surface area (Å²) in [5, 5.41) is 11.2. The predicted molar refractivity (Wildman–Crippen MR) is 125 cm³/mol. The van der Waals surface area contributed by atoms with Crippen LogP contribution in [0.5, 0.6) is 11.5 Å². The maximum Gasteiger partial charge on any atom is 0.295 e. The number of aliphatic hydroxyl groups is 1. The molecule has 2 aromatic rings. The summed E-state index contributed by atoms with van der Waals surface area (Å²) < 4.78 is 16.1. The molecule has 0 aromatic heterocycles. The molecule has 1 aliphatic heterocycles. The van der Waals surface area contributed by atoms with E-state index in [9.17, 15) is 14.7 Å². The molecule has 1 amide bonds. The molecule has 0 bridgehead atoms. The van der Waals surface area contributed by atoms with Gasteiger partial charge < -0.3 is 24.2 Å². The van der Waals surface area contributed by atoms with E-state index in [1.54, 1.807) is 62.8 Å². The Morgan fingerprint density at radius 1 is 1.00 bits per heavy atom. The number of benzene rings is 2. The lowest BCUT2D eigenvalue weighted by atomic mass is 9.95. The van der Waals surface area contributed by atoms with Gasteiger partial charge in [-0.2, -0.15) is 0 Å². The van der Waals surface area contributed by atoms with Gasteiger partial charge in [0.15, 0.2) is 0 Å². The van der Waals surface area contributed by atoms with Gasteiger partial charge in [0.2, 0.25) is 0 Å². The topological polar surface area (TPSA) is 85.3 Å². The summed E-state index contributed by atoms with van der Waals surface area (Å²) in [4.78, 5) is 27.5. The van der Waals surface area contributed by atoms with Gasteiger partial charge in [-0.3, -0.25) is 9.59 Å². The minimum atomic E-state index is -0.711. The van der Waals surface area contributed by atoms with Crippen molar-refractivity contribution in [3.05, 3.63) is 65.2 Å². The van der Waals surface area contributed by atoms with Gasteiger partial charge in [-0.05, 0) is 42.7 Å². The molecule has 1 fully saturated rings. The summed E-state index contributed by atoms with van der Waals surface area (Å²) in [5.74, 6) is -0.300. The Labute approximate surface area is 194 Å². The van der Waals surface area contributed by atoms with E-state index in [4.69, 9.17) is 14.2 Å². The number of nitrogens with zero attached hydrogens (tertiary/aromatic N) is 1. The summed E-state index contributed by atoms with van der Waals surface area (Å²) in [7, 11) is 3.16. The molecule has 7 nitrogen and oxygen atoms in total. The van der Waals surface area contributed by atoms with Crippen molar-refractivity contribution in [1.82, 2.24) is 4.90 Å². The third-order valence-corrected chi connectivity index (χ3v) is 5.59. The quantitative estimate of drug-likeness (QED) is 0.236. The van der Waals surface area contributed by atoms with Crippen LogP contribution in [0.4, 0.5) is 0 Å². The second-order valence-electron chi connectivity index (χ2n) is 7.84. The van der Waals surface area contributed by atoms with Crippen LogP contribution in [0, 0.1) is 0 Å². The Morgan fingerprint density at radius 3 is 2.42 bits per heavy atom. The molecule has 176 valence electrons. The first-order valence-corrected chi connectivity index (χ1v) is 11.2. The fourth-order valence-corrected chi connectivity index (χ4v) is 3.85. The molecule has 1 atom stereocenters. The van der Waals surface area contributed by atoms with E-state index in [1.165, 1.54) is 4.90 Å². The summed E-state index contributed by atoms with van der Waals surface area (Å²) >= 11 is 0. The van der Waals surface area contributed by atoms with Crippen LogP contribution in [0.15, 0.2) is 54.1 Å². The lowest BCUT2D eigenvalue weighted by Gasteiger charge is -2.25. The number of amides is 1. The Bertz CT molecular complexity index is 998. The Kier molecular flexibility index (Phi) is 8.49. The number of unbranched alkanes of at least 4 members (excludes halogenated alkanes) is 1. The van der Waals surface area contributed by atoms with Crippen molar-refractivity contribution in [2.24, 2.45) is 0 Å². The zero-order valence-electron chi connectivity index (χ0n) is 19.4. The van der Waals surface area contributed by atoms with Crippen molar-refractivity contribution < 1.29 is 28.9 Å². The number of hydrogen-bond acceptors (Lipinski definition) is 6. The highest BCUT2D eigenvalue weighted by atomic mass is 16.5. The van der Waals surface area contributed by atoms with Gasteiger partial charge in [0.25, 0.3) is 11.7 Å². The van der Waals surface area contributed by atoms with Gasteiger partial charge >= 0.3 is 0 Å². The SMILES string of the molecule is CCCCOc1cccc(/C(O)=C2\C(=O)C(=O)N(CCCOC)C2c2ccc(OC)cc2)c1. The van der Waals surface area contributed by atoms with Gasteiger partial charge in [-0.15, -0.1) is 0 Å². The number of likely N-dealkylation sites (tertiary alicyclic amines) is 1. The summed E-state index contributed by atoms with van der Waals surface area (Å²) in [5.41, 5.74) is 1.20.